The Hall–Kier alpha value is -0.830. The molecule has 4 atom stereocenters. The monoisotopic (exact) mass is 210 g/mol. The Morgan fingerprint density at radius 3 is 2.60 bits per heavy atom. The van der Waals surface area contributed by atoms with Crippen molar-refractivity contribution < 1.29 is 14.6 Å². The minimum atomic E-state index is -0.216. The second kappa shape index (κ2) is 4.35. The molecule has 2 aliphatic rings. The molecule has 0 saturated heterocycles. The van der Waals surface area contributed by atoms with Crippen LogP contribution in [-0.2, 0) is 9.53 Å². The van der Waals surface area contributed by atoms with E-state index >= 15 is 0 Å². The van der Waals surface area contributed by atoms with Crippen molar-refractivity contribution >= 4 is 5.97 Å². The first-order chi connectivity index (χ1) is 7.18. The Kier molecular flexibility index (Phi) is 3.10. The van der Waals surface area contributed by atoms with Crippen molar-refractivity contribution in [3.63, 3.8) is 0 Å². The fraction of sp³-hybridized carbons (Fsp3) is 0.750. The van der Waals surface area contributed by atoms with Gasteiger partial charge in [0.05, 0.1) is 6.10 Å². The highest BCUT2D eigenvalue weighted by molar-refractivity contribution is 5.66. The van der Waals surface area contributed by atoms with Crippen molar-refractivity contribution in [1.82, 2.24) is 0 Å². The molecule has 84 valence electrons. The summed E-state index contributed by atoms with van der Waals surface area (Å²) < 4.78 is 5.33. The van der Waals surface area contributed by atoms with Gasteiger partial charge in [-0.15, -0.1) is 0 Å². The number of rotatable bonds is 1. The zero-order valence-corrected chi connectivity index (χ0v) is 9.06. The first-order valence-electron chi connectivity index (χ1n) is 5.68. The molecule has 0 aromatic heterocycles. The van der Waals surface area contributed by atoms with Gasteiger partial charge >= 0.3 is 5.97 Å². The van der Waals surface area contributed by atoms with Crippen molar-refractivity contribution in [3.8, 4) is 0 Å². The van der Waals surface area contributed by atoms with E-state index in [1.54, 1.807) is 0 Å². The van der Waals surface area contributed by atoms with Crippen LogP contribution in [-0.4, -0.2) is 23.3 Å². The number of carbonyl (C=O) groups is 1. The van der Waals surface area contributed by atoms with Crippen LogP contribution in [0.25, 0.3) is 0 Å². The van der Waals surface area contributed by atoms with Crippen molar-refractivity contribution in [2.75, 3.05) is 0 Å². The average molecular weight is 210 g/mol. The fourth-order valence-electron chi connectivity index (χ4n) is 2.85. The van der Waals surface area contributed by atoms with Crippen LogP contribution in [0.2, 0.25) is 0 Å². The summed E-state index contributed by atoms with van der Waals surface area (Å²) in [6, 6.07) is 0. The molecule has 3 nitrogen and oxygen atoms in total. The minimum absolute atomic E-state index is 0.0147. The number of ether oxygens (including phenoxy) is 1. The van der Waals surface area contributed by atoms with E-state index in [1.807, 2.05) is 0 Å². The summed E-state index contributed by atoms with van der Waals surface area (Å²) in [6.45, 7) is 1.46. The third kappa shape index (κ3) is 2.23. The molecule has 0 unspecified atom stereocenters. The highest BCUT2D eigenvalue weighted by Crippen LogP contribution is 2.39. The van der Waals surface area contributed by atoms with Crippen LogP contribution >= 0.6 is 0 Å². The van der Waals surface area contributed by atoms with Crippen molar-refractivity contribution in [2.24, 2.45) is 11.8 Å². The highest BCUT2D eigenvalue weighted by Gasteiger charge is 2.40. The lowest BCUT2D eigenvalue weighted by molar-refractivity contribution is -0.156. The van der Waals surface area contributed by atoms with Crippen molar-refractivity contribution in [1.29, 1.82) is 0 Å². The number of esters is 1. The molecule has 3 heteroatoms. The molecule has 0 spiro atoms. The summed E-state index contributed by atoms with van der Waals surface area (Å²) in [7, 11) is 0. The van der Waals surface area contributed by atoms with Gasteiger partial charge in [-0.25, -0.2) is 0 Å². The summed E-state index contributed by atoms with van der Waals surface area (Å²) in [5, 5.41) is 9.88. The van der Waals surface area contributed by atoms with Gasteiger partial charge in [0.25, 0.3) is 0 Å². The van der Waals surface area contributed by atoms with Gasteiger partial charge in [-0.3, -0.25) is 4.79 Å². The van der Waals surface area contributed by atoms with Crippen LogP contribution < -0.4 is 0 Å². The maximum atomic E-state index is 11.0. The van der Waals surface area contributed by atoms with E-state index < -0.39 is 0 Å². The van der Waals surface area contributed by atoms with Crippen LogP contribution in [0.4, 0.5) is 0 Å². The lowest BCUT2D eigenvalue weighted by Gasteiger charge is -2.41. The molecule has 0 bridgehead atoms. The van der Waals surface area contributed by atoms with Gasteiger partial charge in [0.2, 0.25) is 0 Å². The predicted octanol–water partition coefficient (Wildman–Crippen LogP) is 1.66. The first-order valence-corrected chi connectivity index (χ1v) is 5.68. The number of aliphatic hydroxyl groups excluding tert-OH is 1. The van der Waals surface area contributed by atoms with Crippen LogP contribution in [0, 0.1) is 11.8 Å². The zero-order valence-electron chi connectivity index (χ0n) is 9.06. The maximum Gasteiger partial charge on any atom is 0.302 e. The number of hydrogen-bond donors (Lipinski definition) is 1. The van der Waals surface area contributed by atoms with E-state index in [0.29, 0.717) is 5.92 Å². The van der Waals surface area contributed by atoms with Gasteiger partial charge in [-0.1, -0.05) is 12.2 Å². The van der Waals surface area contributed by atoms with Gasteiger partial charge in [0.1, 0.15) is 6.10 Å². The number of carbonyl (C=O) groups excluding carboxylic acids is 1. The third-order valence-electron chi connectivity index (χ3n) is 3.57. The standard InChI is InChI=1S/C12H18O3/c1-8(13)15-12-7-6-11(14)9-4-2-3-5-10(9)12/h2-3,9-12,14H,4-7H2,1H3/t9-,10+,11+,12-/m0/s1. The fourth-order valence-corrected chi connectivity index (χ4v) is 2.85. The largest absolute Gasteiger partial charge is 0.462 e. The summed E-state index contributed by atoms with van der Waals surface area (Å²) in [5.41, 5.74) is 0. The molecule has 2 aliphatic carbocycles. The Bertz CT molecular complexity index is 272. The Morgan fingerprint density at radius 1 is 1.27 bits per heavy atom. The molecular weight excluding hydrogens is 192 g/mol. The molecule has 1 N–H and O–H groups in total. The lowest BCUT2D eigenvalue weighted by atomic mass is 9.70. The SMILES string of the molecule is CC(=O)O[C@H]1CC[C@@H](O)[C@H]2CC=CC[C@H]21. The summed E-state index contributed by atoms with van der Waals surface area (Å²) in [5.74, 6) is 0.403. The first kappa shape index (κ1) is 10.7. The van der Waals surface area contributed by atoms with Crippen LogP contribution in [0.1, 0.15) is 32.6 Å². The van der Waals surface area contributed by atoms with Crippen LogP contribution in [0.5, 0.6) is 0 Å². The number of aliphatic hydroxyl groups is 1. The molecule has 0 aliphatic heterocycles. The minimum Gasteiger partial charge on any atom is -0.462 e. The van der Waals surface area contributed by atoms with Gasteiger partial charge in [-0.05, 0) is 31.6 Å². The molecule has 0 heterocycles. The molecule has 0 amide bonds. The van der Waals surface area contributed by atoms with Gasteiger partial charge in [0, 0.05) is 12.8 Å². The summed E-state index contributed by atoms with van der Waals surface area (Å²) in [6.07, 6.45) is 7.47. The molecular formula is C12H18O3. The van der Waals surface area contributed by atoms with Gasteiger partial charge in [-0.2, -0.15) is 0 Å². The molecule has 0 aromatic rings. The van der Waals surface area contributed by atoms with E-state index in [2.05, 4.69) is 12.2 Å². The Morgan fingerprint density at radius 2 is 1.93 bits per heavy atom. The zero-order chi connectivity index (χ0) is 10.8. The third-order valence-corrected chi connectivity index (χ3v) is 3.57. The van der Waals surface area contributed by atoms with Gasteiger partial charge < -0.3 is 9.84 Å². The van der Waals surface area contributed by atoms with Crippen molar-refractivity contribution in [2.45, 2.75) is 44.8 Å². The average Bonchev–Trinajstić information content (AvgIpc) is 2.22. The molecule has 1 saturated carbocycles. The normalized spacial score (nSPS) is 39.6. The molecule has 1 fully saturated rings. The number of allylic oxidation sites excluding steroid dienone is 2. The second-order valence-corrected chi connectivity index (χ2v) is 4.56. The smallest absolute Gasteiger partial charge is 0.302 e. The van der Waals surface area contributed by atoms with E-state index in [9.17, 15) is 9.90 Å². The maximum absolute atomic E-state index is 11.0. The van der Waals surface area contributed by atoms with Gasteiger partial charge in [0.15, 0.2) is 0 Å². The Balaban J connectivity index is 2.07. The molecule has 0 radical (unpaired) electrons. The molecule has 2 rings (SSSR count). The van der Waals surface area contributed by atoms with Crippen LogP contribution in [0.15, 0.2) is 12.2 Å². The quantitative estimate of drug-likeness (QED) is 0.529. The Labute approximate surface area is 90.1 Å². The van der Waals surface area contributed by atoms with E-state index in [-0.39, 0.29) is 24.1 Å². The molecule has 15 heavy (non-hydrogen) atoms. The topological polar surface area (TPSA) is 46.5 Å². The predicted molar refractivity (Wildman–Crippen MR) is 56.1 cm³/mol. The number of hydrogen-bond acceptors (Lipinski definition) is 3. The number of fused-ring (bicyclic) bond motifs is 1. The highest BCUT2D eigenvalue weighted by atomic mass is 16.5. The summed E-state index contributed by atoms with van der Waals surface area (Å²) >= 11 is 0. The van der Waals surface area contributed by atoms with E-state index in [1.165, 1.54) is 6.92 Å². The van der Waals surface area contributed by atoms with E-state index in [0.717, 1.165) is 25.7 Å². The van der Waals surface area contributed by atoms with Crippen LogP contribution in [0.3, 0.4) is 0 Å². The lowest BCUT2D eigenvalue weighted by Crippen LogP contribution is -2.43. The summed E-state index contributed by atoms with van der Waals surface area (Å²) in [4.78, 5) is 11.0. The van der Waals surface area contributed by atoms with Crippen molar-refractivity contribution in [3.05, 3.63) is 12.2 Å². The van der Waals surface area contributed by atoms with E-state index in [4.69, 9.17) is 4.74 Å². The molecule has 0 aromatic carbocycles. The second-order valence-electron chi connectivity index (χ2n) is 4.56.